The van der Waals surface area contributed by atoms with E-state index >= 15 is 0 Å². The second-order valence-corrected chi connectivity index (χ2v) is 6.57. The van der Waals surface area contributed by atoms with Crippen LogP contribution in [-0.4, -0.2) is 21.3 Å². The van der Waals surface area contributed by atoms with Crippen molar-refractivity contribution in [3.8, 4) is 0 Å². The maximum atomic E-state index is 13.8. The predicted octanol–water partition coefficient (Wildman–Crippen LogP) is 3.93. The van der Waals surface area contributed by atoms with Gasteiger partial charge in [0.15, 0.2) is 4.32 Å². The van der Waals surface area contributed by atoms with Crippen LogP contribution in [0.25, 0.3) is 6.08 Å². The van der Waals surface area contributed by atoms with Gasteiger partial charge in [-0.15, -0.1) is 0 Å². The summed E-state index contributed by atoms with van der Waals surface area (Å²) >= 11 is 6.27. The van der Waals surface area contributed by atoms with Crippen LogP contribution in [0.5, 0.6) is 0 Å². The minimum atomic E-state index is -1.09. The molecule has 0 spiro atoms. The van der Waals surface area contributed by atoms with Crippen LogP contribution in [0.2, 0.25) is 0 Å². The van der Waals surface area contributed by atoms with Gasteiger partial charge in [-0.05, 0) is 30.3 Å². The third-order valence-corrected chi connectivity index (χ3v) is 4.64. The molecule has 0 radical (unpaired) electrons. The average molecular weight is 359 g/mol. The Bertz CT molecular complexity index is 895. The van der Waals surface area contributed by atoms with E-state index < -0.39 is 17.7 Å². The van der Waals surface area contributed by atoms with Gasteiger partial charge in [-0.2, -0.15) is 0 Å². The zero-order valence-electron chi connectivity index (χ0n) is 12.1. The molecule has 1 aliphatic heterocycles. The molecule has 0 unspecified atom stereocenters. The molecule has 0 aliphatic carbocycles. The SMILES string of the molecule is O=C(O)c1cccc(N2C(=O)/C(=C\c3ccccc3F)SC2=S)c1. The molecule has 0 bridgehead atoms. The van der Waals surface area contributed by atoms with Gasteiger partial charge in [0.25, 0.3) is 5.91 Å². The number of carbonyl (C=O) groups excluding carboxylic acids is 1. The summed E-state index contributed by atoms with van der Waals surface area (Å²) in [6, 6.07) is 12.1. The van der Waals surface area contributed by atoms with Crippen LogP contribution >= 0.6 is 24.0 Å². The first kappa shape index (κ1) is 16.4. The van der Waals surface area contributed by atoms with Crippen molar-refractivity contribution in [1.82, 2.24) is 0 Å². The Labute approximate surface area is 146 Å². The van der Waals surface area contributed by atoms with Crippen molar-refractivity contribution in [2.45, 2.75) is 0 Å². The van der Waals surface area contributed by atoms with E-state index in [0.717, 1.165) is 11.8 Å². The molecule has 120 valence electrons. The van der Waals surface area contributed by atoms with Crippen LogP contribution in [0.3, 0.4) is 0 Å². The van der Waals surface area contributed by atoms with Crippen LogP contribution in [0.15, 0.2) is 53.4 Å². The van der Waals surface area contributed by atoms with E-state index in [1.165, 1.54) is 35.2 Å². The third kappa shape index (κ3) is 3.08. The molecule has 2 aromatic carbocycles. The average Bonchev–Trinajstić information content (AvgIpc) is 2.83. The smallest absolute Gasteiger partial charge is 0.335 e. The summed E-state index contributed by atoms with van der Waals surface area (Å²) in [5.41, 5.74) is 0.714. The zero-order chi connectivity index (χ0) is 17.3. The molecule has 0 atom stereocenters. The van der Waals surface area contributed by atoms with Crippen molar-refractivity contribution in [3.05, 3.63) is 70.4 Å². The Morgan fingerprint density at radius 3 is 2.67 bits per heavy atom. The van der Waals surface area contributed by atoms with Gasteiger partial charge >= 0.3 is 5.97 Å². The summed E-state index contributed by atoms with van der Waals surface area (Å²) in [5, 5.41) is 9.07. The van der Waals surface area contributed by atoms with E-state index in [1.807, 2.05) is 0 Å². The van der Waals surface area contributed by atoms with Gasteiger partial charge in [-0.1, -0.05) is 48.2 Å². The van der Waals surface area contributed by atoms with Gasteiger partial charge in [-0.25, -0.2) is 9.18 Å². The number of aromatic carboxylic acids is 1. The number of halogens is 1. The number of anilines is 1. The van der Waals surface area contributed by atoms with E-state index in [1.54, 1.807) is 24.3 Å². The van der Waals surface area contributed by atoms with Crippen LogP contribution in [0.4, 0.5) is 10.1 Å². The number of carbonyl (C=O) groups is 2. The fourth-order valence-corrected chi connectivity index (χ4v) is 3.49. The number of benzene rings is 2. The van der Waals surface area contributed by atoms with E-state index in [2.05, 4.69) is 0 Å². The lowest BCUT2D eigenvalue weighted by molar-refractivity contribution is -0.113. The Morgan fingerprint density at radius 2 is 1.96 bits per heavy atom. The van der Waals surface area contributed by atoms with E-state index in [0.29, 0.717) is 5.69 Å². The zero-order valence-corrected chi connectivity index (χ0v) is 13.7. The first-order valence-corrected chi connectivity index (χ1v) is 8.05. The predicted molar refractivity (Wildman–Crippen MR) is 95.5 cm³/mol. The molecule has 1 fully saturated rings. The molecule has 1 saturated heterocycles. The summed E-state index contributed by atoms with van der Waals surface area (Å²) in [6.45, 7) is 0. The molecule has 1 N–H and O–H groups in total. The number of thiocarbonyl (C=S) groups is 1. The molecule has 0 aromatic heterocycles. The summed E-state index contributed by atoms with van der Waals surface area (Å²) in [7, 11) is 0. The Morgan fingerprint density at radius 1 is 1.21 bits per heavy atom. The number of carboxylic acid groups (broad SMARTS) is 1. The van der Waals surface area contributed by atoms with Crippen LogP contribution in [-0.2, 0) is 4.79 Å². The molecule has 0 saturated carbocycles. The fourth-order valence-electron chi connectivity index (χ4n) is 2.20. The van der Waals surface area contributed by atoms with Gasteiger partial charge in [0.05, 0.1) is 16.2 Å². The molecule has 1 aliphatic rings. The molecule has 24 heavy (non-hydrogen) atoms. The molecule has 3 rings (SSSR count). The Kier molecular flexibility index (Phi) is 4.46. The number of nitrogens with zero attached hydrogens (tertiary/aromatic N) is 1. The maximum Gasteiger partial charge on any atom is 0.335 e. The van der Waals surface area contributed by atoms with Gasteiger partial charge in [0.2, 0.25) is 0 Å². The highest BCUT2D eigenvalue weighted by Crippen LogP contribution is 2.36. The van der Waals surface area contributed by atoms with Crippen molar-refractivity contribution in [2.24, 2.45) is 0 Å². The summed E-state index contributed by atoms with van der Waals surface area (Å²) in [5.74, 6) is -1.93. The highest BCUT2D eigenvalue weighted by atomic mass is 32.2. The summed E-state index contributed by atoms with van der Waals surface area (Å²) < 4.78 is 14.0. The summed E-state index contributed by atoms with van der Waals surface area (Å²) in [4.78, 5) is 25.2. The number of hydrogen-bond donors (Lipinski definition) is 1. The third-order valence-electron chi connectivity index (χ3n) is 3.34. The number of carboxylic acids is 1. The number of hydrogen-bond acceptors (Lipinski definition) is 4. The minimum Gasteiger partial charge on any atom is -0.478 e. The topological polar surface area (TPSA) is 57.6 Å². The monoisotopic (exact) mass is 359 g/mol. The standard InChI is InChI=1S/C17H10FNO3S2/c18-13-7-2-1-4-10(13)9-14-15(20)19(17(23)24-14)12-6-3-5-11(8-12)16(21)22/h1-9H,(H,21,22)/b14-9+. The van der Waals surface area contributed by atoms with Crippen LogP contribution < -0.4 is 4.90 Å². The molecule has 7 heteroatoms. The lowest BCUT2D eigenvalue weighted by atomic mass is 10.1. The van der Waals surface area contributed by atoms with E-state index in [-0.39, 0.29) is 20.4 Å². The lowest BCUT2D eigenvalue weighted by Gasteiger charge is -2.14. The van der Waals surface area contributed by atoms with Crippen LogP contribution in [0.1, 0.15) is 15.9 Å². The molecule has 4 nitrogen and oxygen atoms in total. The molecule has 1 amide bonds. The normalized spacial score (nSPS) is 16.0. The van der Waals surface area contributed by atoms with Crippen molar-refractivity contribution in [3.63, 3.8) is 0 Å². The van der Waals surface area contributed by atoms with Crippen molar-refractivity contribution < 1.29 is 19.1 Å². The molecular weight excluding hydrogens is 349 g/mol. The molecule has 1 heterocycles. The van der Waals surface area contributed by atoms with E-state index in [9.17, 15) is 14.0 Å². The quantitative estimate of drug-likeness (QED) is 0.665. The molecular formula is C17H10FNO3S2. The maximum absolute atomic E-state index is 13.8. The van der Waals surface area contributed by atoms with Crippen molar-refractivity contribution in [2.75, 3.05) is 4.90 Å². The van der Waals surface area contributed by atoms with Crippen molar-refractivity contribution in [1.29, 1.82) is 0 Å². The largest absolute Gasteiger partial charge is 0.478 e. The first-order chi connectivity index (χ1) is 11.5. The molecule has 2 aromatic rings. The van der Waals surface area contributed by atoms with E-state index in [4.69, 9.17) is 17.3 Å². The van der Waals surface area contributed by atoms with Crippen molar-refractivity contribution >= 4 is 51.9 Å². The highest BCUT2D eigenvalue weighted by molar-refractivity contribution is 8.27. The Balaban J connectivity index is 1.97. The Hall–Kier alpha value is -2.51. The fraction of sp³-hybridized carbons (Fsp3) is 0. The number of thioether (sulfide) groups is 1. The highest BCUT2D eigenvalue weighted by Gasteiger charge is 2.33. The summed E-state index contributed by atoms with van der Waals surface area (Å²) in [6.07, 6.45) is 1.44. The second kappa shape index (κ2) is 6.54. The number of rotatable bonds is 3. The van der Waals surface area contributed by atoms with Gasteiger partial charge in [-0.3, -0.25) is 9.69 Å². The second-order valence-electron chi connectivity index (χ2n) is 4.89. The number of amides is 1. The first-order valence-electron chi connectivity index (χ1n) is 6.83. The minimum absolute atomic E-state index is 0.0552. The van der Waals surface area contributed by atoms with Gasteiger partial charge < -0.3 is 5.11 Å². The lowest BCUT2D eigenvalue weighted by Crippen LogP contribution is -2.27. The van der Waals surface area contributed by atoms with Gasteiger partial charge in [0.1, 0.15) is 5.82 Å². The van der Waals surface area contributed by atoms with Crippen LogP contribution in [0, 0.1) is 5.82 Å². The van der Waals surface area contributed by atoms with Gasteiger partial charge in [0, 0.05) is 5.56 Å².